The zero-order valence-electron chi connectivity index (χ0n) is 15.9. The maximum Gasteiger partial charge on any atom is 0.312 e. The van der Waals surface area contributed by atoms with Crippen molar-refractivity contribution in [2.45, 2.75) is 47.1 Å². The normalized spacial score (nSPS) is 10.8. The number of aryl methyl sites for hydroxylation is 1. The molecule has 140 valence electrons. The number of aromatic nitrogens is 2. The molecule has 0 aliphatic carbocycles. The first-order chi connectivity index (χ1) is 12.4. The van der Waals surface area contributed by atoms with Gasteiger partial charge in [-0.15, -0.1) is 0 Å². The first-order valence-corrected chi connectivity index (χ1v) is 8.95. The smallest absolute Gasteiger partial charge is 0.312 e. The number of hydrogen-bond acceptors (Lipinski definition) is 4. The molecule has 2 rings (SSSR count). The van der Waals surface area contributed by atoms with E-state index < -0.39 is 4.92 Å². The van der Waals surface area contributed by atoms with E-state index >= 15 is 0 Å². The van der Waals surface area contributed by atoms with Crippen LogP contribution < -0.4 is 0 Å². The van der Waals surface area contributed by atoms with Crippen LogP contribution in [-0.2, 0) is 6.54 Å². The minimum atomic E-state index is -0.397. The van der Waals surface area contributed by atoms with E-state index in [0.29, 0.717) is 23.5 Å². The van der Waals surface area contributed by atoms with Gasteiger partial charge in [-0.25, -0.2) is 0 Å². The Kier molecular flexibility index (Phi) is 6.49. The van der Waals surface area contributed by atoms with Crippen LogP contribution in [0.2, 0.25) is 0 Å². The van der Waals surface area contributed by atoms with E-state index in [2.05, 4.69) is 18.9 Å². The standard InChI is InChI=1S/C19H26N4O3/c1-5-11-21(12-6-2)19(24)17-9-7-16(8-10-17)13-22-15(4)18(23(25)26)14(3)20-22/h7-10H,5-6,11-13H2,1-4H3. The summed E-state index contributed by atoms with van der Waals surface area (Å²) in [7, 11) is 0. The Labute approximate surface area is 153 Å². The van der Waals surface area contributed by atoms with Gasteiger partial charge in [0.05, 0.1) is 11.5 Å². The predicted molar refractivity (Wildman–Crippen MR) is 100 cm³/mol. The summed E-state index contributed by atoms with van der Waals surface area (Å²) in [4.78, 5) is 25.2. The van der Waals surface area contributed by atoms with Crippen molar-refractivity contribution in [3.8, 4) is 0 Å². The maximum atomic E-state index is 12.6. The predicted octanol–water partition coefficient (Wildman–Crippen LogP) is 3.72. The largest absolute Gasteiger partial charge is 0.339 e. The summed E-state index contributed by atoms with van der Waals surface area (Å²) in [5.74, 6) is 0.0435. The van der Waals surface area contributed by atoms with Gasteiger partial charge in [0.2, 0.25) is 0 Å². The van der Waals surface area contributed by atoms with Crippen LogP contribution in [0.3, 0.4) is 0 Å². The number of benzene rings is 1. The van der Waals surface area contributed by atoms with Crippen molar-refractivity contribution >= 4 is 11.6 Å². The van der Waals surface area contributed by atoms with E-state index in [1.165, 1.54) is 0 Å². The van der Waals surface area contributed by atoms with Crippen molar-refractivity contribution in [3.05, 3.63) is 56.9 Å². The van der Waals surface area contributed by atoms with E-state index in [1.807, 2.05) is 29.2 Å². The Morgan fingerprint density at radius 2 is 1.73 bits per heavy atom. The van der Waals surface area contributed by atoms with Crippen molar-refractivity contribution in [3.63, 3.8) is 0 Å². The Bertz CT molecular complexity index is 775. The summed E-state index contributed by atoms with van der Waals surface area (Å²) in [6.07, 6.45) is 1.86. The lowest BCUT2D eigenvalue weighted by molar-refractivity contribution is -0.386. The summed E-state index contributed by atoms with van der Waals surface area (Å²) >= 11 is 0. The second-order valence-corrected chi connectivity index (χ2v) is 6.42. The molecule has 7 heteroatoms. The number of carbonyl (C=O) groups excluding carboxylic acids is 1. The maximum absolute atomic E-state index is 12.6. The van der Waals surface area contributed by atoms with Crippen molar-refractivity contribution in [1.82, 2.24) is 14.7 Å². The topological polar surface area (TPSA) is 81.3 Å². The quantitative estimate of drug-likeness (QED) is 0.532. The summed E-state index contributed by atoms with van der Waals surface area (Å²) in [6.45, 7) is 9.40. The van der Waals surface area contributed by atoms with Gasteiger partial charge in [-0.05, 0) is 44.4 Å². The van der Waals surface area contributed by atoms with E-state index in [4.69, 9.17) is 0 Å². The molecule has 0 saturated heterocycles. The van der Waals surface area contributed by atoms with Gasteiger partial charge in [0.25, 0.3) is 5.91 Å². The molecule has 0 fully saturated rings. The van der Waals surface area contributed by atoms with E-state index in [9.17, 15) is 14.9 Å². The highest BCUT2D eigenvalue weighted by Gasteiger charge is 2.21. The first-order valence-electron chi connectivity index (χ1n) is 8.95. The van der Waals surface area contributed by atoms with Crippen LogP contribution in [0.1, 0.15) is 54.0 Å². The Balaban J connectivity index is 2.16. The average molecular weight is 358 g/mol. The van der Waals surface area contributed by atoms with E-state index in [-0.39, 0.29) is 11.6 Å². The highest BCUT2D eigenvalue weighted by Crippen LogP contribution is 2.22. The van der Waals surface area contributed by atoms with Crippen LogP contribution >= 0.6 is 0 Å². The summed E-state index contributed by atoms with van der Waals surface area (Å²) in [6, 6.07) is 7.39. The fraction of sp³-hybridized carbons (Fsp3) is 0.474. The lowest BCUT2D eigenvalue weighted by Crippen LogP contribution is -2.32. The highest BCUT2D eigenvalue weighted by molar-refractivity contribution is 5.94. The Hall–Kier alpha value is -2.70. The van der Waals surface area contributed by atoms with Gasteiger partial charge in [-0.2, -0.15) is 5.10 Å². The lowest BCUT2D eigenvalue weighted by atomic mass is 10.1. The number of nitrogens with zero attached hydrogens (tertiary/aromatic N) is 4. The Morgan fingerprint density at radius 3 is 2.19 bits per heavy atom. The van der Waals surface area contributed by atoms with Crippen LogP contribution in [0.25, 0.3) is 0 Å². The van der Waals surface area contributed by atoms with Crippen molar-refractivity contribution < 1.29 is 9.72 Å². The number of hydrogen-bond donors (Lipinski definition) is 0. The zero-order valence-corrected chi connectivity index (χ0v) is 15.9. The van der Waals surface area contributed by atoms with Gasteiger partial charge >= 0.3 is 5.69 Å². The first kappa shape index (κ1) is 19.6. The molecular formula is C19H26N4O3. The number of amides is 1. The molecule has 0 spiro atoms. The fourth-order valence-electron chi connectivity index (χ4n) is 3.07. The van der Waals surface area contributed by atoms with Crippen LogP contribution in [0.4, 0.5) is 5.69 Å². The van der Waals surface area contributed by atoms with Crippen LogP contribution in [-0.4, -0.2) is 38.6 Å². The monoisotopic (exact) mass is 358 g/mol. The second-order valence-electron chi connectivity index (χ2n) is 6.42. The molecule has 1 heterocycles. The van der Waals surface area contributed by atoms with Crippen LogP contribution in [0, 0.1) is 24.0 Å². The Morgan fingerprint density at radius 1 is 1.15 bits per heavy atom. The molecule has 0 saturated carbocycles. The highest BCUT2D eigenvalue weighted by atomic mass is 16.6. The minimum absolute atomic E-state index is 0.0435. The third-order valence-electron chi connectivity index (χ3n) is 4.33. The van der Waals surface area contributed by atoms with Gasteiger partial charge in [-0.1, -0.05) is 26.0 Å². The molecule has 0 unspecified atom stereocenters. The number of carbonyl (C=O) groups is 1. The molecule has 0 radical (unpaired) electrons. The molecule has 7 nitrogen and oxygen atoms in total. The lowest BCUT2D eigenvalue weighted by Gasteiger charge is -2.21. The zero-order chi connectivity index (χ0) is 19.3. The molecular weight excluding hydrogens is 332 g/mol. The number of nitro groups is 1. The summed E-state index contributed by atoms with van der Waals surface area (Å²) in [5, 5.41) is 15.4. The summed E-state index contributed by atoms with van der Waals surface area (Å²) in [5.41, 5.74) is 2.61. The molecule has 0 aliphatic rings. The average Bonchev–Trinajstić information content (AvgIpc) is 2.88. The van der Waals surface area contributed by atoms with Crippen molar-refractivity contribution in [2.75, 3.05) is 13.1 Å². The molecule has 1 amide bonds. The van der Waals surface area contributed by atoms with Gasteiger partial charge in [0.1, 0.15) is 11.4 Å². The van der Waals surface area contributed by atoms with Crippen LogP contribution in [0.5, 0.6) is 0 Å². The van der Waals surface area contributed by atoms with Gasteiger partial charge in [0.15, 0.2) is 0 Å². The molecule has 0 atom stereocenters. The van der Waals surface area contributed by atoms with Crippen molar-refractivity contribution in [1.29, 1.82) is 0 Å². The molecule has 0 N–H and O–H groups in total. The van der Waals surface area contributed by atoms with Gasteiger partial charge in [0, 0.05) is 18.7 Å². The minimum Gasteiger partial charge on any atom is -0.339 e. The van der Waals surface area contributed by atoms with Crippen molar-refractivity contribution in [2.24, 2.45) is 0 Å². The molecule has 26 heavy (non-hydrogen) atoms. The second kappa shape index (κ2) is 8.60. The molecule has 1 aromatic heterocycles. The third-order valence-corrected chi connectivity index (χ3v) is 4.33. The van der Waals surface area contributed by atoms with E-state index in [0.717, 1.165) is 31.5 Å². The molecule has 2 aromatic rings. The SMILES string of the molecule is CCCN(CCC)C(=O)c1ccc(Cn2nc(C)c([N+](=O)[O-])c2C)cc1. The van der Waals surface area contributed by atoms with Gasteiger partial charge in [-0.3, -0.25) is 19.6 Å². The third kappa shape index (κ3) is 4.28. The fourth-order valence-corrected chi connectivity index (χ4v) is 3.07. The number of rotatable bonds is 8. The molecule has 0 aliphatic heterocycles. The molecule has 0 bridgehead atoms. The molecule has 1 aromatic carbocycles. The van der Waals surface area contributed by atoms with Crippen LogP contribution in [0.15, 0.2) is 24.3 Å². The summed E-state index contributed by atoms with van der Waals surface area (Å²) < 4.78 is 1.63. The van der Waals surface area contributed by atoms with Gasteiger partial charge < -0.3 is 4.90 Å². The van der Waals surface area contributed by atoms with E-state index in [1.54, 1.807) is 18.5 Å².